The molecule has 3 saturated heterocycles. The largest absolute Gasteiger partial charge is 0.426 e. The summed E-state index contributed by atoms with van der Waals surface area (Å²) in [4.78, 5) is 43.3. The van der Waals surface area contributed by atoms with Crippen molar-refractivity contribution in [1.29, 1.82) is 0 Å². The third-order valence-corrected chi connectivity index (χ3v) is 8.69. The van der Waals surface area contributed by atoms with Crippen LogP contribution < -0.4 is 10.1 Å². The van der Waals surface area contributed by atoms with Crippen molar-refractivity contribution in [3.05, 3.63) is 53.9 Å². The number of ether oxygens (including phenoxy) is 1. The molecule has 0 radical (unpaired) electrons. The zero-order valence-electron chi connectivity index (χ0n) is 21.5. The van der Waals surface area contributed by atoms with Crippen LogP contribution in [0, 0.1) is 17.3 Å². The highest BCUT2D eigenvalue weighted by Crippen LogP contribution is 2.51. The van der Waals surface area contributed by atoms with Crippen LogP contribution in [0.1, 0.15) is 73.8 Å². The molecular formula is C30H37N3O4. The third kappa shape index (κ3) is 5.93. The van der Waals surface area contributed by atoms with Crippen molar-refractivity contribution in [2.75, 3.05) is 25.0 Å². The number of pyridine rings is 1. The quantitative estimate of drug-likeness (QED) is 0.293. The van der Waals surface area contributed by atoms with Gasteiger partial charge in [0.1, 0.15) is 11.4 Å². The third-order valence-electron chi connectivity index (χ3n) is 8.69. The van der Waals surface area contributed by atoms with Crippen LogP contribution in [0.25, 0.3) is 0 Å². The fourth-order valence-corrected chi connectivity index (χ4v) is 6.70. The van der Waals surface area contributed by atoms with Crippen LogP contribution in [0.2, 0.25) is 0 Å². The van der Waals surface area contributed by atoms with Crippen LogP contribution in [-0.4, -0.2) is 47.7 Å². The summed E-state index contributed by atoms with van der Waals surface area (Å²) in [5.74, 6) is 1.54. The van der Waals surface area contributed by atoms with E-state index in [0.717, 1.165) is 37.8 Å². The van der Waals surface area contributed by atoms with Crippen LogP contribution in [0.5, 0.6) is 5.75 Å². The minimum Gasteiger partial charge on any atom is -0.426 e. The highest BCUT2D eigenvalue weighted by molar-refractivity contribution is 5.90. The highest BCUT2D eigenvalue weighted by Gasteiger charge is 2.53. The van der Waals surface area contributed by atoms with Crippen molar-refractivity contribution in [3.63, 3.8) is 0 Å². The molecule has 1 saturated carbocycles. The SMILES string of the molecule is O=Cc1ccc(NC(=O)CCCc2cccc(OC(=O)C3([C@@H]4CN5CCC4CC5)CCCCC3)c2)cn1. The van der Waals surface area contributed by atoms with Crippen molar-refractivity contribution in [2.24, 2.45) is 17.3 Å². The van der Waals surface area contributed by atoms with Gasteiger partial charge in [-0.15, -0.1) is 0 Å². The minimum atomic E-state index is -0.352. The summed E-state index contributed by atoms with van der Waals surface area (Å²) in [6.07, 6.45) is 11.6. The molecular weight excluding hydrogens is 466 g/mol. The summed E-state index contributed by atoms with van der Waals surface area (Å²) in [6.45, 7) is 3.39. The molecule has 1 aromatic carbocycles. The lowest BCUT2D eigenvalue weighted by atomic mass is 9.58. The molecule has 2 bridgehead atoms. The van der Waals surface area contributed by atoms with Crippen LogP contribution >= 0.6 is 0 Å². The molecule has 1 aliphatic carbocycles. The van der Waals surface area contributed by atoms with Gasteiger partial charge < -0.3 is 15.0 Å². The number of aromatic nitrogens is 1. The fourth-order valence-electron chi connectivity index (χ4n) is 6.70. The summed E-state index contributed by atoms with van der Waals surface area (Å²) in [5.41, 5.74) is 1.60. The normalized spacial score (nSPS) is 24.3. The van der Waals surface area contributed by atoms with Gasteiger partial charge in [0.2, 0.25) is 5.91 Å². The second-order valence-electron chi connectivity index (χ2n) is 11.0. The van der Waals surface area contributed by atoms with Gasteiger partial charge in [-0.05, 0) is 93.3 Å². The maximum Gasteiger partial charge on any atom is 0.317 e. The van der Waals surface area contributed by atoms with Crippen molar-refractivity contribution >= 4 is 23.9 Å². The number of esters is 1. The number of hydrogen-bond acceptors (Lipinski definition) is 6. The van der Waals surface area contributed by atoms with Crippen molar-refractivity contribution in [1.82, 2.24) is 9.88 Å². The molecule has 0 unspecified atom stereocenters. The Hall–Kier alpha value is -3.06. The number of piperidine rings is 3. The number of fused-ring (bicyclic) bond motifs is 3. The summed E-state index contributed by atoms with van der Waals surface area (Å²) in [5, 5.41) is 2.81. The molecule has 4 fully saturated rings. The molecule has 37 heavy (non-hydrogen) atoms. The van der Waals surface area contributed by atoms with E-state index in [1.165, 1.54) is 38.5 Å². The molecule has 1 N–H and O–H groups in total. The maximum absolute atomic E-state index is 13.8. The summed E-state index contributed by atoms with van der Waals surface area (Å²) < 4.78 is 6.12. The Bertz CT molecular complexity index is 1100. The zero-order valence-corrected chi connectivity index (χ0v) is 21.5. The summed E-state index contributed by atoms with van der Waals surface area (Å²) in [7, 11) is 0. The molecule has 4 aliphatic rings. The second-order valence-corrected chi connectivity index (χ2v) is 11.0. The van der Waals surface area contributed by atoms with Gasteiger partial charge in [0.05, 0.1) is 17.3 Å². The monoisotopic (exact) mass is 503 g/mol. The van der Waals surface area contributed by atoms with Gasteiger partial charge in [0, 0.05) is 13.0 Å². The number of carbonyl (C=O) groups excluding carboxylic acids is 3. The van der Waals surface area contributed by atoms with E-state index < -0.39 is 0 Å². The molecule has 1 amide bonds. The average Bonchev–Trinajstić information content (AvgIpc) is 2.94. The van der Waals surface area contributed by atoms with E-state index in [0.29, 0.717) is 54.5 Å². The Morgan fingerprint density at radius 3 is 2.59 bits per heavy atom. The van der Waals surface area contributed by atoms with E-state index in [4.69, 9.17) is 4.74 Å². The molecule has 7 nitrogen and oxygen atoms in total. The van der Waals surface area contributed by atoms with Crippen molar-refractivity contribution < 1.29 is 19.1 Å². The van der Waals surface area contributed by atoms with E-state index >= 15 is 0 Å². The van der Waals surface area contributed by atoms with Crippen molar-refractivity contribution in [2.45, 2.75) is 64.2 Å². The highest BCUT2D eigenvalue weighted by atomic mass is 16.5. The standard InChI is InChI=1S/C30H37N3O4/c34-21-25-11-10-24(19-31-25)32-28(35)9-5-7-22-6-4-8-26(18-22)37-29(36)30(14-2-1-3-15-30)27-20-33-16-12-23(27)13-17-33/h4,6,8,10-11,18-19,21,23,27H,1-3,5,7,9,12-17,20H2,(H,32,35)/t27-/m1/s1. The molecule has 7 heteroatoms. The Labute approximate surface area is 219 Å². The number of rotatable bonds is 9. The fraction of sp³-hybridized carbons (Fsp3) is 0.533. The molecule has 3 aliphatic heterocycles. The molecule has 196 valence electrons. The van der Waals surface area contributed by atoms with Gasteiger partial charge in [-0.1, -0.05) is 31.4 Å². The Morgan fingerprint density at radius 2 is 1.92 bits per heavy atom. The van der Waals surface area contributed by atoms with E-state index in [2.05, 4.69) is 15.2 Å². The summed E-state index contributed by atoms with van der Waals surface area (Å²) in [6, 6.07) is 11.0. The van der Waals surface area contributed by atoms with Gasteiger partial charge in [0.15, 0.2) is 6.29 Å². The molecule has 2 aromatic rings. The predicted molar refractivity (Wildman–Crippen MR) is 141 cm³/mol. The molecule has 1 atom stereocenters. The zero-order chi connectivity index (χ0) is 25.7. The number of nitrogens with zero attached hydrogens (tertiary/aromatic N) is 2. The van der Waals surface area contributed by atoms with Gasteiger partial charge in [-0.3, -0.25) is 19.4 Å². The number of aryl methyl sites for hydroxylation is 1. The van der Waals surface area contributed by atoms with E-state index in [1.54, 1.807) is 12.1 Å². The second kappa shape index (κ2) is 11.5. The first-order chi connectivity index (χ1) is 18.1. The number of hydrogen-bond donors (Lipinski definition) is 1. The first-order valence-electron chi connectivity index (χ1n) is 13.8. The van der Waals surface area contributed by atoms with Gasteiger partial charge in [-0.2, -0.15) is 0 Å². The Kier molecular flexibility index (Phi) is 7.99. The van der Waals surface area contributed by atoms with E-state index in [-0.39, 0.29) is 17.3 Å². The maximum atomic E-state index is 13.8. The van der Waals surface area contributed by atoms with Crippen LogP contribution in [0.4, 0.5) is 5.69 Å². The lowest BCUT2D eigenvalue weighted by molar-refractivity contribution is -0.159. The predicted octanol–water partition coefficient (Wildman–Crippen LogP) is 5.05. The topological polar surface area (TPSA) is 88.6 Å². The van der Waals surface area contributed by atoms with E-state index in [9.17, 15) is 14.4 Å². The number of carbonyl (C=O) groups is 3. The lowest BCUT2D eigenvalue weighted by Gasteiger charge is -2.53. The van der Waals surface area contributed by atoms with Crippen LogP contribution in [-0.2, 0) is 16.0 Å². The summed E-state index contributed by atoms with van der Waals surface area (Å²) >= 11 is 0. The number of amides is 1. The first-order valence-corrected chi connectivity index (χ1v) is 13.8. The van der Waals surface area contributed by atoms with Gasteiger partial charge >= 0.3 is 5.97 Å². The number of nitrogens with one attached hydrogen (secondary N) is 1. The Balaban J connectivity index is 1.17. The Morgan fingerprint density at radius 1 is 1.11 bits per heavy atom. The van der Waals surface area contributed by atoms with Gasteiger partial charge in [-0.25, -0.2) is 0 Å². The van der Waals surface area contributed by atoms with Crippen LogP contribution in [0.15, 0.2) is 42.6 Å². The number of aldehydes is 1. The lowest BCUT2D eigenvalue weighted by Crippen LogP contribution is -2.57. The van der Waals surface area contributed by atoms with Crippen molar-refractivity contribution in [3.8, 4) is 5.75 Å². The average molecular weight is 504 g/mol. The number of benzene rings is 1. The smallest absolute Gasteiger partial charge is 0.317 e. The van der Waals surface area contributed by atoms with Gasteiger partial charge in [0.25, 0.3) is 0 Å². The molecule has 6 rings (SSSR count). The number of anilines is 1. The minimum absolute atomic E-state index is 0.0308. The van der Waals surface area contributed by atoms with E-state index in [1.807, 2.05) is 24.3 Å². The first kappa shape index (κ1) is 25.6. The molecule has 1 aromatic heterocycles. The molecule has 4 heterocycles. The molecule has 0 spiro atoms. The van der Waals surface area contributed by atoms with Crippen LogP contribution in [0.3, 0.4) is 0 Å².